The molecule has 0 aromatic carbocycles. The van der Waals surface area contributed by atoms with Crippen molar-refractivity contribution < 1.29 is 0 Å². The van der Waals surface area contributed by atoms with Gasteiger partial charge in [0.05, 0.1) is 0 Å². The van der Waals surface area contributed by atoms with Crippen molar-refractivity contribution in [2.24, 2.45) is 5.73 Å². The van der Waals surface area contributed by atoms with Crippen molar-refractivity contribution in [3.8, 4) is 0 Å². The van der Waals surface area contributed by atoms with E-state index in [4.69, 9.17) is 5.73 Å². The highest BCUT2D eigenvalue weighted by atomic mass is 15.2. The molecule has 1 atom stereocenters. The lowest BCUT2D eigenvalue weighted by atomic mass is 10.0. The zero-order valence-corrected chi connectivity index (χ0v) is 7.29. The van der Waals surface area contributed by atoms with Gasteiger partial charge in [0, 0.05) is 24.7 Å². The van der Waals surface area contributed by atoms with E-state index < -0.39 is 0 Å². The lowest BCUT2D eigenvalue weighted by Crippen LogP contribution is -2.38. The molecule has 2 rings (SSSR count). The molecule has 2 N–H and O–H groups in total. The summed E-state index contributed by atoms with van der Waals surface area (Å²) in [5, 5.41) is 0. The van der Waals surface area contributed by atoms with Crippen LogP contribution in [0.15, 0.2) is 0 Å². The lowest BCUT2D eigenvalue weighted by molar-refractivity contribution is 0.241. The van der Waals surface area contributed by atoms with Crippen LogP contribution >= 0.6 is 0 Å². The van der Waals surface area contributed by atoms with Gasteiger partial charge in [-0.25, -0.2) is 0 Å². The molecule has 2 nitrogen and oxygen atoms in total. The second kappa shape index (κ2) is 2.76. The quantitative estimate of drug-likeness (QED) is 0.642. The number of nitrogens with zero attached hydrogens (tertiary/aromatic N) is 1. The fourth-order valence-corrected chi connectivity index (χ4v) is 2.65. The average molecular weight is 154 g/mol. The first-order valence-electron chi connectivity index (χ1n) is 4.78. The van der Waals surface area contributed by atoms with Crippen LogP contribution in [0.1, 0.15) is 32.6 Å². The smallest absolute Gasteiger partial charge is 0.0139 e. The van der Waals surface area contributed by atoms with Crippen molar-refractivity contribution in [2.75, 3.05) is 6.54 Å². The maximum Gasteiger partial charge on any atom is 0.0139 e. The van der Waals surface area contributed by atoms with E-state index in [0.717, 1.165) is 18.6 Å². The fraction of sp³-hybridized carbons (Fsp3) is 1.00. The van der Waals surface area contributed by atoms with Crippen LogP contribution in [0.5, 0.6) is 0 Å². The Morgan fingerprint density at radius 2 is 1.73 bits per heavy atom. The summed E-state index contributed by atoms with van der Waals surface area (Å²) in [6, 6.07) is 2.15. The number of fused-ring (bicyclic) bond motifs is 2. The molecule has 11 heavy (non-hydrogen) atoms. The summed E-state index contributed by atoms with van der Waals surface area (Å²) in [4.78, 5) is 2.63. The number of hydrogen-bond donors (Lipinski definition) is 1. The fourth-order valence-electron chi connectivity index (χ4n) is 2.65. The van der Waals surface area contributed by atoms with Crippen LogP contribution in [0.25, 0.3) is 0 Å². The van der Waals surface area contributed by atoms with Crippen molar-refractivity contribution in [1.82, 2.24) is 4.90 Å². The van der Waals surface area contributed by atoms with Gasteiger partial charge in [0.15, 0.2) is 0 Å². The summed E-state index contributed by atoms with van der Waals surface area (Å²) in [6.45, 7) is 3.23. The highest BCUT2D eigenvalue weighted by molar-refractivity contribution is 4.95. The monoisotopic (exact) mass is 154 g/mol. The topological polar surface area (TPSA) is 29.3 Å². The van der Waals surface area contributed by atoms with Crippen molar-refractivity contribution in [2.45, 2.75) is 50.7 Å². The van der Waals surface area contributed by atoms with Gasteiger partial charge in [-0.3, -0.25) is 4.90 Å². The third-order valence-electron chi connectivity index (χ3n) is 3.10. The van der Waals surface area contributed by atoms with Crippen molar-refractivity contribution in [3.63, 3.8) is 0 Å². The maximum absolute atomic E-state index is 5.78. The van der Waals surface area contributed by atoms with E-state index in [9.17, 15) is 0 Å². The molecule has 0 spiro atoms. The second-order valence-electron chi connectivity index (χ2n) is 4.14. The van der Waals surface area contributed by atoms with Crippen LogP contribution in [0, 0.1) is 0 Å². The first kappa shape index (κ1) is 7.56. The van der Waals surface area contributed by atoms with Gasteiger partial charge in [-0.1, -0.05) is 0 Å². The third-order valence-corrected chi connectivity index (χ3v) is 3.10. The summed E-state index contributed by atoms with van der Waals surface area (Å²) in [7, 11) is 0. The summed E-state index contributed by atoms with van der Waals surface area (Å²) in [5.74, 6) is 0. The third kappa shape index (κ3) is 1.30. The molecule has 64 valence electrons. The van der Waals surface area contributed by atoms with E-state index >= 15 is 0 Å². The van der Waals surface area contributed by atoms with Gasteiger partial charge in [-0.15, -0.1) is 0 Å². The standard InChI is InChI=1S/C9H18N2/c1-7(10)6-11-8-2-3-9(11)5-4-8/h7-9H,2-6,10H2,1H3. The number of nitrogens with two attached hydrogens (primary N) is 1. The summed E-state index contributed by atoms with van der Waals surface area (Å²) in [5.41, 5.74) is 5.78. The SMILES string of the molecule is CC(N)CN1C2CCC1CC2. The van der Waals surface area contributed by atoms with Gasteiger partial charge in [0.2, 0.25) is 0 Å². The molecular formula is C9H18N2. The van der Waals surface area contributed by atoms with E-state index in [1.807, 2.05) is 0 Å². The van der Waals surface area contributed by atoms with Gasteiger partial charge >= 0.3 is 0 Å². The minimum atomic E-state index is 0.358. The van der Waals surface area contributed by atoms with Crippen molar-refractivity contribution in [3.05, 3.63) is 0 Å². The minimum absolute atomic E-state index is 0.358. The van der Waals surface area contributed by atoms with Crippen LogP contribution < -0.4 is 5.73 Å². The van der Waals surface area contributed by atoms with Crippen LogP contribution in [-0.2, 0) is 0 Å². The van der Waals surface area contributed by atoms with Crippen LogP contribution in [0.2, 0.25) is 0 Å². The molecule has 2 saturated heterocycles. The molecule has 0 aliphatic carbocycles. The van der Waals surface area contributed by atoms with Crippen molar-refractivity contribution >= 4 is 0 Å². The van der Waals surface area contributed by atoms with Crippen molar-refractivity contribution in [1.29, 1.82) is 0 Å². The van der Waals surface area contributed by atoms with Crippen LogP contribution in [-0.4, -0.2) is 29.6 Å². The Kier molecular flexibility index (Phi) is 1.90. The molecule has 2 aliphatic heterocycles. The maximum atomic E-state index is 5.78. The van der Waals surface area contributed by atoms with Crippen LogP contribution in [0.3, 0.4) is 0 Å². The molecule has 2 fully saturated rings. The lowest BCUT2D eigenvalue weighted by Gasteiger charge is -2.23. The highest BCUT2D eigenvalue weighted by Gasteiger charge is 2.38. The van der Waals surface area contributed by atoms with E-state index in [-0.39, 0.29) is 0 Å². The normalized spacial score (nSPS) is 39.8. The number of hydrogen-bond acceptors (Lipinski definition) is 2. The molecule has 2 aliphatic rings. The first-order chi connectivity index (χ1) is 5.27. The predicted molar refractivity (Wildman–Crippen MR) is 46.4 cm³/mol. The molecule has 2 heteroatoms. The molecular weight excluding hydrogens is 136 g/mol. The van der Waals surface area contributed by atoms with E-state index in [2.05, 4.69) is 11.8 Å². The van der Waals surface area contributed by atoms with E-state index in [1.54, 1.807) is 0 Å². The summed E-state index contributed by atoms with van der Waals surface area (Å²) in [6.07, 6.45) is 5.71. The summed E-state index contributed by atoms with van der Waals surface area (Å²) < 4.78 is 0. The Morgan fingerprint density at radius 3 is 2.09 bits per heavy atom. The van der Waals surface area contributed by atoms with E-state index in [1.165, 1.54) is 25.7 Å². The minimum Gasteiger partial charge on any atom is -0.327 e. The Morgan fingerprint density at radius 1 is 1.27 bits per heavy atom. The van der Waals surface area contributed by atoms with Gasteiger partial charge in [0.25, 0.3) is 0 Å². The van der Waals surface area contributed by atoms with Gasteiger partial charge < -0.3 is 5.73 Å². The molecule has 0 amide bonds. The largest absolute Gasteiger partial charge is 0.327 e. The Labute approximate surface area is 68.7 Å². The zero-order chi connectivity index (χ0) is 7.84. The Bertz CT molecular complexity index is 124. The molecule has 0 saturated carbocycles. The van der Waals surface area contributed by atoms with Crippen LogP contribution in [0.4, 0.5) is 0 Å². The average Bonchev–Trinajstić information content (AvgIpc) is 2.48. The number of rotatable bonds is 2. The molecule has 0 aromatic heterocycles. The van der Waals surface area contributed by atoms with Gasteiger partial charge in [-0.2, -0.15) is 0 Å². The van der Waals surface area contributed by atoms with Gasteiger partial charge in [-0.05, 0) is 32.6 Å². The summed E-state index contributed by atoms with van der Waals surface area (Å²) >= 11 is 0. The Balaban J connectivity index is 1.94. The molecule has 2 bridgehead atoms. The second-order valence-corrected chi connectivity index (χ2v) is 4.14. The van der Waals surface area contributed by atoms with E-state index in [0.29, 0.717) is 6.04 Å². The zero-order valence-electron chi connectivity index (χ0n) is 7.29. The predicted octanol–water partition coefficient (Wildman–Crippen LogP) is 0.960. The molecule has 0 aromatic rings. The first-order valence-corrected chi connectivity index (χ1v) is 4.78. The molecule has 2 heterocycles. The Hall–Kier alpha value is -0.0800. The highest BCUT2D eigenvalue weighted by Crippen LogP contribution is 2.36. The molecule has 0 radical (unpaired) electrons. The molecule has 1 unspecified atom stereocenters. The van der Waals surface area contributed by atoms with Gasteiger partial charge in [0.1, 0.15) is 0 Å².